The van der Waals surface area contributed by atoms with Crippen LogP contribution in [0, 0.1) is 12.8 Å². The van der Waals surface area contributed by atoms with Gasteiger partial charge in [0.2, 0.25) is 0 Å². The molecule has 1 N–H and O–H groups in total. The SMILES string of the molecule is Cc1cccc([C@H](C)NC2CCOCC2C)c1. The van der Waals surface area contributed by atoms with Gasteiger partial charge < -0.3 is 10.1 Å². The first-order valence-corrected chi connectivity index (χ1v) is 6.57. The molecule has 2 unspecified atom stereocenters. The van der Waals surface area contributed by atoms with Crippen LogP contribution in [0.2, 0.25) is 0 Å². The fourth-order valence-electron chi connectivity index (χ4n) is 2.48. The zero-order chi connectivity index (χ0) is 12.3. The van der Waals surface area contributed by atoms with Crippen LogP contribution < -0.4 is 5.32 Å². The molecule has 1 aromatic carbocycles. The average Bonchev–Trinajstić information content (AvgIpc) is 2.32. The van der Waals surface area contributed by atoms with E-state index in [0.717, 1.165) is 19.6 Å². The zero-order valence-corrected chi connectivity index (χ0v) is 11.1. The van der Waals surface area contributed by atoms with E-state index in [1.807, 2.05) is 0 Å². The first-order valence-electron chi connectivity index (χ1n) is 6.57. The lowest BCUT2D eigenvalue weighted by molar-refractivity contribution is 0.0363. The second-order valence-electron chi connectivity index (χ2n) is 5.25. The largest absolute Gasteiger partial charge is 0.381 e. The highest BCUT2D eigenvalue weighted by Crippen LogP contribution is 2.20. The molecule has 0 aliphatic carbocycles. The molecule has 94 valence electrons. The minimum Gasteiger partial charge on any atom is -0.381 e. The van der Waals surface area contributed by atoms with Gasteiger partial charge in [-0.2, -0.15) is 0 Å². The van der Waals surface area contributed by atoms with Crippen LogP contribution in [-0.2, 0) is 4.74 Å². The summed E-state index contributed by atoms with van der Waals surface area (Å²) < 4.78 is 5.48. The lowest BCUT2D eigenvalue weighted by Crippen LogP contribution is -2.42. The molecule has 0 spiro atoms. The maximum atomic E-state index is 5.48. The van der Waals surface area contributed by atoms with E-state index in [1.165, 1.54) is 11.1 Å². The molecule has 0 radical (unpaired) electrons. The Morgan fingerprint density at radius 2 is 2.24 bits per heavy atom. The van der Waals surface area contributed by atoms with Crippen molar-refractivity contribution in [1.29, 1.82) is 0 Å². The maximum Gasteiger partial charge on any atom is 0.0506 e. The van der Waals surface area contributed by atoms with Gasteiger partial charge in [0.1, 0.15) is 0 Å². The van der Waals surface area contributed by atoms with Gasteiger partial charge in [0.15, 0.2) is 0 Å². The molecule has 0 bridgehead atoms. The van der Waals surface area contributed by atoms with Crippen molar-refractivity contribution in [2.24, 2.45) is 5.92 Å². The van der Waals surface area contributed by atoms with Gasteiger partial charge >= 0.3 is 0 Å². The molecule has 1 fully saturated rings. The lowest BCUT2D eigenvalue weighted by atomic mass is 9.95. The van der Waals surface area contributed by atoms with E-state index in [4.69, 9.17) is 4.74 Å². The fraction of sp³-hybridized carbons (Fsp3) is 0.600. The average molecular weight is 233 g/mol. The Balaban J connectivity index is 1.98. The van der Waals surface area contributed by atoms with E-state index in [-0.39, 0.29) is 0 Å². The van der Waals surface area contributed by atoms with Crippen LogP contribution >= 0.6 is 0 Å². The molecule has 3 atom stereocenters. The molecule has 2 nitrogen and oxygen atoms in total. The van der Waals surface area contributed by atoms with Crippen LogP contribution in [0.3, 0.4) is 0 Å². The summed E-state index contributed by atoms with van der Waals surface area (Å²) >= 11 is 0. The van der Waals surface area contributed by atoms with Crippen molar-refractivity contribution in [1.82, 2.24) is 5.32 Å². The van der Waals surface area contributed by atoms with E-state index in [9.17, 15) is 0 Å². The third-order valence-electron chi connectivity index (χ3n) is 3.65. The summed E-state index contributed by atoms with van der Waals surface area (Å²) in [6.07, 6.45) is 1.12. The molecule has 2 heteroatoms. The second kappa shape index (κ2) is 5.65. The standard InChI is InChI=1S/C15H23NO/c1-11-5-4-6-14(9-11)13(3)16-15-7-8-17-10-12(15)2/h4-6,9,12-13,15-16H,7-8,10H2,1-3H3/t12?,13-,15?/m0/s1. The Kier molecular flexibility index (Phi) is 4.19. The maximum absolute atomic E-state index is 5.48. The summed E-state index contributed by atoms with van der Waals surface area (Å²) in [5.41, 5.74) is 2.71. The summed E-state index contributed by atoms with van der Waals surface area (Å²) in [7, 11) is 0. The number of benzene rings is 1. The summed E-state index contributed by atoms with van der Waals surface area (Å²) in [6.45, 7) is 8.44. The third kappa shape index (κ3) is 3.30. The van der Waals surface area contributed by atoms with E-state index < -0.39 is 0 Å². The van der Waals surface area contributed by atoms with Crippen molar-refractivity contribution >= 4 is 0 Å². The van der Waals surface area contributed by atoms with Crippen molar-refractivity contribution in [3.8, 4) is 0 Å². The van der Waals surface area contributed by atoms with E-state index in [1.54, 1.807) is 0 Å². The molecule has 1 heterocycles. The van der Waals surface area contributed by atoms with Gasteiger partial charge in [-0.1, -0.05) is 36.8 Å². The van der Waals surface area contributed by atoms with Crippen molar-refractivity contribution in [2.75, 3.05) is 13.2 Å². The normalized spacial score (nSPS) is 26.8. The van der Waals surface area contributed by atoms with Gasteiger partial charge in [0.25, 0.3) is 0 Å². The molecule has 1 aliphatic rings. The van der Waals surface area contributed by atoms with Gasteiger partial charge in [-0.25, -0.2) is 0 Å². The number of hydrogen-bond acceptors (Lipinski definition) is 2. The molecule has 2 rings (SSSR count). The third-order valence-corrected chi connectivity index (χ3v) is 3.65. The Hall–Kier alpha value is -0.860. The van der Waals surface area contributed by atoms with Crippen LogP contribution in [0.15, 0.2) is 24.3 Å². The van der Waals surface area contributed by atoms with Crippen LogP contribution in [0.5, 0.6) is 0 Å². The molecule has 0 saturated carbocycles. The number of aryl methyl sites for hydroxylation is 1. The predicted molar refractivity (Wildman–Crippen MR) is 71.1 cm³/mol. The molecule has 0 amide bonds. The second-order valence-corrected chi connectivity index (χ2v) is 5.25. The Labute approximate surface area is 104 Å². The van der Waals surface area contributed by atoms with Crippen molar-refractivity contribution in [2.45, 2.75) is 39.3 Å². The first kappa shape index (κ1) is 12.6. The molecule has 0 aromatic heterocycles. The van der Waals surface area contributed by atoms with Crippen LogP contribution in [0.1, 0.15) is 37.4 Å². The van der Waals surface area contributed by atoms with E-state index in [0.29, 0.717) is 18.0 Å². The topological polar surface area (TPSA) is 21.3 Å². The van der Waals surface area contributed by atoms with E-state index in [2.05, 4.69) is 50.4 Å². The number of ether oxygens (including phenoxy) is 1. The molecule has 1 saturated heterocycles. The lowest BCUT2D eigenvalue weighted by Gasteiger charge is -2.32. The molecular weight excluding hydrogens is 210 g/mol. The molecular formula is C15H23NO. The van der Waals surface area contributed by atoms with Gasteiger partial charge in [-0.15, -0.1) is 0 Å². The van der Waals surface area contributed by atoms with Gasteiger partial charge in [-0.3, -0.25) is 0 Å². The first-order chi connectivity index (χ1) is 8.16. The van der Waals surface area contributed by atoms with Gasteiger partial charge in [0, 0.05) is 18.7 Å². The van der Waals surface area contributed by atoms with Crippen molar-refractivity contribution < 1.29 is 4.74 Å². The predicted octanol–water partition coefficient (Wildman–Crippen LogP) is 3.07. The minimum atomic E-state index is 0.417. The summed E-state index contributed by atoms with van der Waals surface area (Å²) in [5, 5.41) is 3.73. The summed E-state index contributed by atoms with van der Waals surface area (Å²) in [6, 6.07) is 9.75. The Bertz CT molecular complexity index is 364. The highest BCUT2D eigenvalue weighted by atomic mass is 16.5. The van der Waals surface area contributed by atoms with E-state index >= 15 is 0 Å². The molecule has 1 aliphatic heterocycles. The van der Waals surface area contributed by atoms with Gasteiger partial charge in [-0.05, 0) is 31.7 Å². The monoisotopic (exact) mass is 233 g/mol. The summed E-state index contributed by atoms with van der Waals surface area (Å²) in [4.78, 5) is 0. The fourth-order valence-corrected chi connectivity index (χ4v) is 2.48. The Morgan fingerprint density at radius 1 is 1.41 bits per heavy atom. The quantitative estimate of drug-likeness (QED) is 0.866. The Morgan fingerprint density at radius 3 is 2.94 bits per heavy atom. The van der Waals surface area contributed by atoms with Crippen LogP contribution in [0.4, 0.5) is 0 Å². The number of hydrogen-bond donors (Lipinski definition) is 1. The van der Waals surface area contributed by atoms with Crippen LogP contribution in [-0.4, -0.2) is 19.3 Å². The highest BCUT2D eigenvalue weighted by molar-refractivity contribution is 5.24. The molecule has 1 aromatic rings. The van der Waals surface area contributed by atoms with Crippen molar-refractivity contribution in [3.63, 3.8) is 0 Å². The van der Waals surface area contributed by atoms with Crippen LogP contribution in [0.25, 0.3) is 0 Å². The number of rotatable bonds is 3. The smallest absolute Gasteiger partial charge is 0.0506 e. The minimum absolute atomic E-state index is 0.417. The summed E-state index contributed by atoms with van der Waals surface area (Å²) in [5.74, 6) is 0.607. The van der Waals surface area contributed by atoms with Gasteiger partial charge in [0.05, 0.1) is 6.61 Å². The highest BCUT2D eigenvalue weighted by Gasteiger charge is 2.23. The van der Waals surface area contributed by atoms with Crippen molar-refractivity contribution in [3.05, 3.63) is 35.4 Å². The zero-order valence-electron chi connectivity index (χ0n) is 11.1. The molecule has 17 heavy (non-hydrogen) atoms. The number of nitrogens with one attached hydrogen (secondary N) is 1.